The minimum absolute atomic E-state index is 0.971. The highest BCUT2D eigenvalue weighted by molar-refractivity contribution is 4.60. The second kappa shape index (κ2) is 20.9. The molecule has 0 fully saturated rings. The Kier molecular flexibility index (Phi) is 20.8. The van der Waals surface area contributed by atoms with Crippen LogP contribution in [0.25, 0.3) is 0 Å². The maximum Gasteiger partial charge on any atom is 0.0572 e. The van der Waals surface area contributed by atoms with Gasteiger partial charge in [-0.3, -0.25) is 0 Å². The van der Waals surface area contributed by atoms with Crippen LogP contribution in [-0.2, 0) is 4.84 Å². The monoisotopic (exact) mass is 342 g/mol. The molecule has 0 aliphatic carbocycles. The molecular formula is C21H46N2O. The van der Waals surface area contributed by atoms with Crippen LogP contribution >= 0.6 is 0 Å². The lowest BCUT2D eigenvalue weighted by molar-refractivity contribution is 0.0897. The van der Waals surface area contributed by atoms with Crippen molar-refractivity contribution in [2.75, 3.05) is 33.3 Å². The molecule has 0 aromatic carbocycles. The van der Waals surface area contributed by atoms with Crippen molar-refractivity contribution in [3.63, 3.8) is 0 Å². The predicted molar refractivity (Wildman–Crippen MR) is 107 cm³/mol. The summed E-state index contributed by atoms with van der Waals surface area (Å²) in [7, 11) is 1.70. The first-order valence-corrected chi connectivity index (χ1v) is 10.8. The highest BCUT2D eigenvalue weighted by Gasteiger charge is 2.04. The number of nitrogens with one attached hydrogen (secondary N) is 1. The van der Waals surface area contributed by atoms with Crippen LogP contribution in [-0.4, -0.2) is 38.2 Å². The molecule has 0 aromatic rings. The molecular weight excluding hydrogens is 296 g/mol. The Labute approximate surface area is 152 Å². The van der Waals surface area contributed by atoms with E-state index in [9.17, 15) is 0 Å². The molecule has 0 bridgehead atoms. The summed E-state index contributed by atoms with van der Waals surface area (Å²) in [5.41, 5.74) is 2.95. The van der Waals surface area contributed by atoms with Crippen molar-refractivity contribution in [3.8, 4) is 0 Å². The van der Waals surface area contributed by atoms with E-state index in [4.69, 9.17) is 4.84 Å². The maximum absolute atomic E-state index is 4.91. The van der Waals surface area contributed by atoms with Gasteiger partial charge in [-0.15, -0.1) is 0 Å². The Balaban J connectivity index is 3.74. The molecule has 146 valence electrons. The lowest BCUT2D eigenvalue weighted by atomic mass is 10.1. The van der Waals surface area contributed by atoms with Crippen LogP contribution in [0.4, 0.5) is 0 Å². The largest absolute Gasteiger partial charge is 0.305 e. The maximum atomic E-state index is 4.91. The summed E-state index contributed by atoms with van der Waals surface area (Å²) in [4.78, 5) is 7.62. The summed E-state index contributed by atoms with van der Waals surface area (Å²) >= 11 is 0. The van der Waals surface area contributed by atoms with Crippen molar-refractivity contribution < 1.29 is 4.84 Å². The van der Waals surface area contributed by atoms with Gasteiger partial charge in [0.05, 0.1) is 7.11 Å². The van der Waals surface area contributed by atoms with Crippen molar-refractivity contribution in [1.29, 1.82) is 0 Å². The summed E-state index contributed by atoms with van der Waals surface area (Å²) in [6.07, 6.45) is 19.3. The van der Waals surface area contributed by atoms with Gasteiger partial charge in [0.2, 0.25) is 0 Å². The Morgan fingerprint density at radius 2 is 1.00 bits per heavy atom. The molecule has 0 aliphatic rings. The SMILES string of the molecule is CCCCCCCCN(CCCCCCCC)CCCCNOC. The fourth-order valence-electron chi connectivity index (χ4n) is 3.20. The molecule has 1 N–H and O–H groups in total. The molecule has 0 spiro atoms. The van der Waals surface area contributed by atoms with E-state index in [0.29, 0.717) is 0 Å². The summed E-state index contributed by atoms with van der Waals surface area (Å²) in [5.74, 6) is 0. The quantitative estimate of drug-likeness (QED) is 0.219. The van der Waals surface area contributed by atoms with Gasteiger partial charge in [0.1, 0.15) is 0 Å². The van der Waals surface area contributed by atoms with Crippen molar-refractivity contribution in [2.24, 2.45) is 0 Å². The third-order valence-corrected chi connectivity index (χ3v) is 4.80. The van der Waals surface area contributed by atoms with Crippen molar-refractivity contribution in [3.05, 3.63) is 0 Å². The van der Waals surface area contributed by atoms with Crippen LogP contribution in [0.3, 0.4) is 0 Å². The summed E-state index contributed by atoms with van der Waals surface area (Å²) in [5, 5.41) is 0. The topological polar surface area (TPSA) is 24.5 Å². The second-order valence-corrected chi connectivity index (χ2v) is 7.18. The van der Waals surface area contributed by atoms with E-state index < -0.39 is 0 Å². The van der Waals surface area contributed by atoms with E-state index in [-0.39, 0.29) is 0 Å². The number of hydroxylamine groups is 1. The Morgan fingerprint density at radius 3 is 1.46 bits per heavy atom. The molecule has 0 unspecified atom stereocenters. The van der Waals surface area contributed by atoms with Gasteiger partial charge in [-0.25, -0.2) is 5.48 Å². The smallest absolute Gasteiger partial charge is 0.0572 e. The molecule has 0 aliphatic heterocycles. The number of nitrogens with zero attached hydrogens (tertiary/aromatic N) is 1. The highest BCUT2D eigenvalue weighted by atomic mass is 16.6. The first kappa shape index (κ1) is 23.9. The lowest BCUT2D eigenvalue weighted by Gasteiger charge is -2.22. The van der Waals surface area contributed by atoms with Crippen LogP contribution in [0.15, 0.2) is 0 Å². The fraction of sp³-hybridized carbons (Fsp3) is 1.00. The van der Waals surface area contributed by atoms with Gasteiger partial charge < -0.3 is 9.74 Å². The van der Waals surface area contributed by atoms with Crippen LogP contribution in [0.2, 0.25) is 0 Å². The van der Waals surface area contributed by atoms with Crippen LogP contribution in [0.1, 0.15) is 104 Å². The van der Waals surface area contributed by atoms with Gasteiger partial charge >= 0.3 is 0 Å². The molecule has 0 amide bonds. The molecule has 0 saturated heterocycles. The summed E-state index contributed by atoms with van der Waals surface area (Å²) in [6, 6.07) is 0. The number of unbranched alkanes of at least 4 members (excludes halogenated alkanes) is 11. The van der Waals surface area contributed by atoms with Crippen LogP contribution in [0.5, 0.6) is 0 Å². The third kappa shape index (κ3) is 18.2. The number of rotatable bonds is 20. The Hall–Kier alpha value is -0.120. The third-order valence-electron chi connectivity index (χ3n) is 4.80. The minimum atomic E-state index is 0.971. The average Bonchev–Trinajstić information content (AvgIpc) is 2.60. The van der Waals surface area contributed by atoms with E-state index in [1.54, 1.807) is 7.11 Å². The molecule has 3 nitrogen and oxygen atoms in total. The normalized spacial score (nSPS) is 11.5. The zero-order valence-corrected chi connectivity index (χ0v) is 17.1. The molecule has 0 aromatic heterocycles. The van der Waals surface area contributed by atoms with Crippen LogP contribution < -0.4 is 5.48 Å². The zero-order chi connectivity index (χ0) is 17.7. The molecule has 24 heavy (non-hydrogen) atoms. The number of hydrogen-bond donors (Lipinski definition) is 1. The zero-order valence-electron chi connectivity index (χ0n) is 17.1. The van der Waals surface area contributed by atoms with E-state index >= 15 is 0 Å². The van der Waals surface area contributed by atoms with Crippen molar-refractivity contribution >= 4 is 0 Å². The summed E-state index contributed by atoms with van der Waals surface area (Å²) in [6.45, 7) is 9.42. The summed E-state index contributed by atoms with van der Waals surface area (Å²) < 4.78 is 0. The van der Waals surface area contributed by atoms with Gasteiger partial charge in [0, 0.05) is 6.54 Å². The van der Waals surface area contributed by atoms with E-state index in [2.05, 4.69) is 24.2 Å². The molecule has 0 saturated carbocycles. The fourth-order valence-corrected chi connectivity index (χ4v) is 3.20. The van der Waals surface area contributed by atoms with Crippen molar-refractivity contribution in [2.45, 2.75) is 104 Å². The average molecular weight is 343 g/mol. The molecule has 0 atom stereocenters. The Bertz CT molecular complexity index is 208. The first-order chi connectivity index (χ1) is 11.8. The lowest BCUT2D eigenvalue weighted by Crippen LogP contribution is -2.28. The van der Waals surface area contributed by atoms with E-state index in [1.807, 2.05) is 0 Å². The molecule has 0 radical (unpaired) electrons. The van der Waals surface area contributed by atoms with Crippen LogP contribution in [0, 0.1) is 0 Å². The Morgan fingerprint density at radius 1 is 0.583 bits per heavy atom. The van der Waals surface area contributed by atoms with Gasteiger partial charge in [-0.2, -0.15) is 0 Å². The van der Waals surface area contributed by atoms with Gasteiger partial charge in [-0.1, -0.05) is 78.1 Å². The predicted octanol–water partition coefficient (Wildman–Crippen LogP) is 5.94. The highest BCUT2D eigenvalue weighted by Crippen LogP contribution is 2.09. The standard InChI is InChI=1S/C21H46N2O/c1-4-6-8-10-12-15-19-23(21-17-14-18-22-24-3)20-16-13-11-9-7-5-2/h22H,4-21H2,1-3H3. The van der Waals surface area contributed by atoms with Gasteiger partial charge in [0.25, 0.3) is 0 Å². The molecule has 3 heteroatoms. The second-order valence-electron chi connectivity index (χ2n) is 7.18. The van der Waals surface area contributed by atoms with Gasteiger partial charge in [0.15, 0.2) is 0 Å². The van der Waals surface area contributed by atoms with Crippen molar-refractivity contribution in [1.82, 2.24) is 10.4 Å². The first-order valence-electron chi connectivity index (χ1n) is 10.8. The van der Waals surface area contributed by atoms with E-state index in [0.717, 1.165) is 6.54 Å². The molecule has 0 heterocycles. The minimum Gasteiger partial charge on any atom is -0.305 e. The molecule has 0 rings (SSSR count). The number of hydrogen-bond acceptors (Lipinski definition) is 3. The van der Waals surface area contributed by atoms with E-state index in [1.165, 1.54) is 110 Å². The van der Waals surface area contributed by atoms with Gasteiger partial charge in [-0.05, 0) is 45.3 Å².